The Balaban J connectivity index is 1.35. The van der Waals surface area contributed by atoms with Crippen molar-refractivity contribution in [2.24, 2.45) is 0 Å². The number of hydrogen-bond donors (Lipinski definition) is 2. The number of nitrogens with one attached hydrogen (secondary N) is 2. The van der Waals surface area contributed by atoms with Crippen LogP contribution in [0.25, 0.3) is 11.0 Å². The molecule has 146 valence electrons. The smallest absolute Gasteiger partial charge is 0.220 e. The molecule has 3 aromatic rings. The number of aromatic amines is 1. The zero-order chi connectivity index (χ0) is 19.8. The molecule has 1 heterocycles. The minimum atomic E-state index is -0.108. The van der Waals surface area contributed by atoms with Crippen molar-refractivity contribution in [2.45, 2.75) is 32.6 Å². The van der Waals surface area contributed by atoms with Gasteiger partial charge in [0, 0.05) is 31.4 Å². The Labute approximate surface area is 164 Å². The van der Waals surface area contributed by atoms with Gasteiger partial charge in [0.15, 0.2) is 5.78 Å². The molecule has 1 amide bonds. The first-order valence-corrected chi connectivity index (χ1v) is 9.62. The zero-order valence-corrected chi connectivity index (χ0v) is 16.0. The zero-order valence-electron chi connectivity index (χ0n) is 16.0. The van der Waals surface area contributed by atoms with Gasteiger partial charge in [-0.05, 0) is 49.7 Å². The third-order valence-electron chi connectivity index (χ3n) is 4.42. The molecule has 3 rings (SSSR count). The van der Waals surface area contributed by atoms with E-state index < -0.39 is 0 Å². The summed E-state index contributed by atoms with van der Waals surface area (Å²) in [6.07, 6.45) is 1.94. The van der Waals surface area contributed by atoms with Crippen LogP contribution in [0, 0.1) is 0 Å². The summed E-state index contributed by atoms with van der Waals surface area (Å²) in [5.41, 5.74) is 2.57. The van der Waals surface area contributed by atoms with E-state index in [0.29, 0.717) is 18.7 Å². The lowest BCUT2D eigenvalue weighted by Gasteiger charge is -2.06. The lowest BCUT2D eigenvalue weighted by atomic mass is 10.1. The number of H-pyrrole nitrogens is 1. The van der Waals surface area contributed by atoms with Crippen LogP contribution < -0.4 is 10.1 Å². The fourth-order valence-corrected chi connectivity index (χ4v) is 2.97. The molecule has 0 saturated carbocycles. The molecule has 2 N–H and O–H groups in total. The number of ketones is 1. The number of carbonyl (C=O) groups is 2. The normalized spacial score (nSPS) is 10.8. The average molecular weight is 379 g/mol. The van der Waals surface area contributed by atoms with Gasteiger partial charge in [0.1, 0.15) is 11.6 Å². The first-order valence-electron chi connectivity index (χ1n) is 9.62. The monoisotopic (exact) mass is 379 g/mol. The maximum absolute atomic E-state index is 12.2. The highest BCUT2D eigenvalue weighted by atomic mass is 16.5. The Hall–Kier alpha value is -3.15. The molecule has 0 spiro atoms. The van der Waals surface area contributed by atoms with Crippen molar-refractivity contribution in [1.82, 2.24) is 15.3 Å². The van der Waals surface area contributed by atoms with Crippen molar-refractivity contribution >= 4 is 22.7 Å². The van der Waals surface area contributed by atoms with Gasteiger partial charge < -0.3 is 15.0 Å². The van der Waals surface area contributed by atoms with Gasteiger partial charge in [-0.15, -0.1) is 0 Å². The second-order valence-corrected chi connectivity index (χ2v) is 6.53. The number of fused-ring (bicyclic) bond motifs is 1. The molecular formula is C22H25N3O3. The van der Waals surface area contributed by atoms with Gasteiger partial charge in [-0.3, -0.25) is 9.59 Å². The third-order valence-corrected chi connectivity index (χ3v) is 4.42. The van der Waals surface area contributed by atoms with E-state index in [-0.39, 0.29) is 24.5 Å². The predicted molar refractivity (Wildman–Crippen MR) is 109 cm³/mol. The van der Waals surface area contributed by atoms with Gasteiger partial charge in [-0.2, -0.15) is 0 Å². The van der Waals surface area contributed by atoms with Gasteiger partial charge in [0.05, 0.1) is 17.6 Å². The molecule has 2 aromatic carbocycles. The second-order valence-electron chi connectivity index (χ2n) is 6.53. The van der Waals surface area contributed by atoms with Gasteiger partial charge >= 0.3 is 0 Å². The SMILES string of the molecule is CCOc1ccc(C(=O)CCC(=O)NCCCc2nc3ccccc3[nH]2)cc1. The number of hydrogen-bond acceptors (Lipinski definition) is 4. The molecule has 28 heavy (non-hydrogen) atoms. The number of Topliss-reactive ketones (excluding diaryl/α,β-unsaturated/α-hetero) is 1. The molecule has 0 bridgehead atoms. The summed E-state index contributed by atoms with van der Waals surface area (Å²) in [4.78, 5) is 31.9. The molecule has 6 heteroatoms. The van der Waals surface area contributed by atoms with E-state index in [1.165, 1.54) is 0 Å². The maximum Gasteiger partial charge on any atom is 0.220 e. The number of ether oxygens (including phenoxy) is 1. The van der Waals surface area contributed by atoms with Crippen LogP contribution in [-0.4, -0.2) is 34.8 Å². The van der Waals surface area contributed by atoms with Crippen molar-refractivity contribution in [2.75, 3.05) is 13.2 Å². The van der Waals surface area contributed by atoms with Crippen LogP contribution in [0.1, 0.15) is 42.4 Å². The lowest BCUT2D eigenvalue weighted by Crippen LogP contribution is -2.25. The topological polar surface area (TPSA) is 84.1 Å². The summed E-state index contributed by atoms with van der Waals surface area (Å²) >= 11 is 0. The third kappa shape index (κ3) is 5.42. The fraction of sp³-hybridized carbons (Fsp3) is 0.318. The van der Waals surface area contributed by atoms with Crippen LogP contribution in [0.5, 0.6) is 5.75 Å². The van der Waals surface area contributed by atoms with Crippen molar-refractivity contribution in [3.8, 4) is 5.75 Å². The van der Waals surface area contributed by atoms with E-state index in [2.05, 4.69) is 15.3 Å². The van der Waals surface area contributed by atoms with Crippen LogP contribution in [0.4, 0.5) is 0 Å². The molecule has 0 radical (unpaired) electrons. The quantitative estimate of drug-likeness (QED) is 0.416. The fourth-order valence-electron chi connectivity index (χ4n) is 2.97. The average Bonchev–Trinajstić information content (AvgIpc) is 3.13. The van der Waals surface area contributed by atoms with Gasteiger partial charge in [0.25, 0.3) is 0 Å². The Morgan fingerprint density at radius 2 is 1.86 bits per heavy atom. The molecule has 0 fully saturated rings. The highest BCUT2D eigenvalue weighted by Gasteiger charge is 2.09. The summed E-state index contributed by atoms with van der Waals surface area (Å²) in [5.74, 6) is 1.51. The van der Waals surface area contributed by atoms with Crippen LogP contribution >= 0.6 is 0 Å². The second kappa shape index (κ2) is 9.69. The van der Waals surface area contributed by atoms with E-state index >= 15 is 0 Å². The Bertz CT molecular complexity index is 899. The first-order chi connectivity index (χ1) is 13.7. The van der Waals surface area contributed by atoms with E-state index in [0.717, 1.165) is 35.4 Å². The minimum Gasteiger partial charge on any atom is -0.494 e. The number of aryl methyl sites for hydroxylation is 1. The maximum atomic E-state index is 12.2. The van der Waals surface area contributed by atoms with Gasteiger partial charge in [-0.25, -0.2) is 4.98 Å². The van der Waals surface area contributed by atoms with Crippen molar-refractivity contribution < 1.29 is 14.3 Å². The van der Waals surface area contributed by atoms with Gasteiger partial charge in [0.2, 0.25) is 5.91 Å². The minimum absolute atomic E-state index is 0.0412. The molecule has 0 aliphatic rings. The Morgan fingerprint density at radius 1 is 1.07 bits per heavy atom. The molecule has 0 atom stereocenters. The summed E-state index contributed by atoms with van der Waals surface area (Å²) in [6.45, 7) is 3.06. The molecular weight excluding hydrogens is 354 g/mol. The summed E-state index contributed by atoms with van der Waals surface area (Å²) in [5, 5.41) is 2.87. The Morgan fingerprint density at radius 3 is 2.61 bits per heavy atom. The molecule has 0 unspecified atom stereocenters. The summed E-state index contributed by atoms with van der Waals surface area (Å²) in [6, 6.07) is 14.9. The summed E-state index contributed by atoms with van der Waals surface area (Å²) < 4.78 is 5.36. The van der Waals surface area contributed by atoms with Crippen LogP contribution in [-0.2, 0) is 11.2 Å². The number of nitrogens with zero attached hydrogens (tertiary/aromatic N) is 1. The molecule has 1 aromatic heterocycles. The predicted octanol–water partition coefficient (Wildman–Crippen LogP) is 3.67. The molecule has 0 saturated heterocycles. The highest BCUT2D eigenvalue weighted by molar-refractivity contribution is 5.98. The number of para-hydroxylation sites is 2. The van der Waals surface area contributed by atoms with E-state index in [1.54, 1.807) is 24.3 Å². The number of carbonyl (C=O) groups excluding carboxylic acids is 2. The summed E-state index contributed by atoms with van der Waals surface area (Å²) in [7, 11) is 0. The number of imidazole rings is 1. The standard InChI is InChI=1S/C22H25N3O3/c1-2-28-17-11-9-16(10-12-17)20(26)13-14-22(27)23-15-5-8-21-24-18-6-3-4-7-19(18)25-21/h3-4,6-7,9-12H,2,5,8,13-15H2,1H3,(H,23,27)(H,24,25). The molecule has 0 aliphatic carbocycles. The van der Waals surface area contributed by atoms with E-state index in [1.807, 2.05) is 31.2 Å². The lowest BCUT2D eigenvalue weighted by molar-refractivity contribution is -0.121. The van der Waals surface area contributed by atoms with E-state index in [4.69, 9.17) is 4.74 Å². The largest absolute Gasteiger partial charge is 0.494 e. The number of benzene rings is 2. The van der Waals surface area contributed by atoms with E-state index in [9.17, 15) is 9.59 Å². The molecule has 0 aliphatic heterocycles. The highest BCUT2D eigenvalue weighted by Crippen LogP contribution is 2.14. The van der Waals surface area contributed by atoms with Gasteiger partial charge in [-0.1, -0.05) is 12.1 Å². The number of amides is 1. The van der Waals surface area contributed by atoms with Crippen LogP contribution in [0.2, 0.25) is 0 Å². The van der Waals surface area contributed by atoms with Crippen molar-refractivity contribution in [3.63, 3.8) is 0 Å². The number of aromatic nitrogens is 2. The van der Waals surface area contributed by atoms with Crippen LogP contribution in [0.3, 0.4) is 0 Å². The van der Waals surface area contributed by atoms with Crippen LogP contribution in [0.15, 0.2) is 48.5 Å². The molecule has 6 nitrogen and oxygen atoms in total. The Kier molecular flexibility index (Phi) is 6.78. The van der Waals surface area contributed by atoms with Crippen molar-refractivity contribution in [1.29, 1.82) is 0 Å². The first kappa shape index (κ1) is 19.6. The number of rotatable bonds is 10. The van der Waals surface area contributed by atoms with Crippen molar-refractivity contribution in [3.05, 3.63) is 59.9 Å².